The fourth-order valence-electron chi connectivity index (χ4n) is 2.19. The van der Waals surface area contributed by atoms with E-state index in [0.29, 0.717) is 0 Å². The molecule has 1 saturated heterocycles. The van der Waals surface area contributed by atoms with Crippen molar-refractivity contribution in [1.82, 2.24) is 0 Å². The van der Waals surface area contributed by atoms with E-state index in [-0.39, 0.29) is 10.8 Å². The zero-order chi connectivity index (χ0) is 18.4. The number of carbonyl (C=O) groups is 4. The number of thioether (sulfide) groups is 1. The van der Waals surface area contributed by atoms with Gasteiger partial charge < -0.3 is 0 Å². The van der Waals surface area contributed by atoms with Crippen molar-refractivity contribution in [2.75, 3.05) is 6.61 Å². The Kier molecular flexibility index (Phi) is 8.05. The van der Waals surface area contributed by atoms with Gasteiger partial charge in [0.1, 0.15) is 0 Å². The molecule has 0 aliphatic carbocycles. The summed E-state index contributed by atoms with van der Waals surface area (Å²) in [5.74, 6) is -2.25. The van der Waals surface area contributed by atoms with E-state index in [1.54, 1.807) is 0 Å². The van der Waals surface area contributed by atoms with Crippen LogP contribution in [0.15, 0.2) is 0 Å². The molecule has 0 amide bonds. The molecule has 0 aromatic carbocycles. The van der Waals surface area contributed by atoms with Gasteiger partial charge in [0.15, 0.2) is 0 Å². The summed E-state index contributed by atoms with van der Waals surface area (Å²) in [7, 11) is 0. The summed E-state index contributed by atoms with van der Waals surface area (Å²) in [6, 6.07) is 0. The molecule has 5 atom stereocenters. The quantitative estimate of drug-likeness (QED) is 0.340. The van der Waals surface area contributed by atoms with E-state index in [1.807, 2.05) is 0 Å². The van der Waals surface area contributed by atoms with Crippen LogP contribution in [-0.4, -0.2) is 74.2 Å². The number of rotatable bonds is 5. The Labute approximate surface area is 152 Å². The Bertz CT molecular complexity index is 511. The van der Waals surface area contributed by atoms with Gasteiger partial charge in [0.2, 0.25) is 0 Å². The van der Waals surface area contributed by atoms with Gasteiger partial charge in [-0.05, 0) is 0 Å². The first-order valence-corrected chi connectivity index (χ1v) is 9.01. The van der Waals surface area contributed by atoms with Crippen LogP contribution in [0.3, 0.4) is 0 Å². The SMILES string of the molecule is CC(=O)OCC1SC([Se])C(OC(C)=O)C(OC(C)=O)C1OC(C)=O. The normalized spacial score (nSPS) is 29.3. The predicted molar refractivity (Wildman–Crippen MR) is 84.2 cm³/mol. The molecule has 8 nitrogen and oxygen atoms in total. The molecule has 1 aliphatic rings. The van der Waals surface area contributed by atoms with Crippen LogP contribution in [0, 0.1) is 0 Å². The minimum atomic E-state index is -1.01. The second kappa shape index (κ2) is 9.29. The van der Waals surface area contributed by atoms with E-state index >= 15 is 0 Å². The van der Waals surface area contributed by atoms with E-state index in [4.69, 9.17) is 18.9 Å². The molecular weight excluding hydrogens is 407 g/mol. The average molecular weight is 426 g/mol. The first-order chi connectivity index (χ1) is 11.1. The molecule has 1 radical (unpaired) electrons. The van der Waals surface area contributed by atoms with Gasteiger partial charge in [0.05, 0.1) is 0 Å². The molecule has 0 N–H and O–H groups in total. The fraction of sp³-hybridized carbons (Fsp3) is 0.714. The molecule has 24 heavy (non-hydrogen) atoms. The molecule has 0 aromatic rings. The van der Waals surface area contributed by atoms with Crippen LogP contribution in [-0.2, 0) is 38.1 Å². The fourth-order valence-corrected chi connectivity index (χ4v) is 4.75. The number of hydrogen-bond donors (Lipinski definition) is 0. The number of hydrogen-bond acceptors (Lipinski definition) is 9. The van der Waals surface area contributed by atoms with E-state index in [0.717, 1.165) is 0 Å². The van der Waals surface area contributed by atoms with Gasteiger partial charge in [-0.3, -0.25) is 0 Å². The van der Waals surface area contributed by atoms with Crippen LogP contribution in [0.4, 0.5) is 0 Å². The van der Waals surface area contributed by atoms with E-state index < -0.39 is 47.4 Å². The van der Waals surface area contributed by atoms with Gasteiger partial charge in [-0.1, -0.05) is 0 Å². The van der Waals surface area contributed by atoms with Gasteiger partial charge in [0, 0.05) is 0 Å². The van der Waals surface area contributed by atoms with E-state index in [2.05, 4.69) is 16.0 Å². The number of esters is 4. The van der Waals surface area contributed by atoms with Crippen molar-refractivity contribution in [3.05, 3.63) is 0 Å². The third kappa shape index (κ3) is 6.33. The molecule has 1 aliphatic heterocycles. The van der Waals surface area contributed by atoms with Gasteiger partial charge in [-0.15, -0.1) is 0 Å². The van der Waals surface area contributed by atoms with Crippen LogP contribution in [0.5, 0.6) is 0 Å². The molecule has 1 fully saturated rings. The minimum absolute atomic E-state index is 0.0410. The van der Waals surface area contributed by atoms with Crippen LogP contribution in [0.1, 0.15) is 27.7 Å². The van der Waals surface area contributed by atoms with Gasteiger partial charge in [-0.2, -0.15) is 0 Å². The predicted octanol–water partition coefficient (Wildman–Crippen LogP) is -0.0454. The summed E-state index contributed by atoms with van der Waals surface area (Å²) in [5, 5.41) is -0.486. The molecule has 5 unspecified atom stereocenters. The maximum absolute atomic E-state index is 11.4. The molecule has 0 aromatic heterocycles. The maximum atomic E-state index is 11.4. The van der Waals surface area contributed by atoms with Gasteiger partial charge >= 0.3 is 152 Å². The summed E-state index contributed by atoms with van der Waals surface area (Å²) in [6.45, 7) is 4.86. The van der Waals surface area contributed by atoms with Crippen molar-refractivity contribution in [1.29, 1.82) is 0 Å². The standard InChI is InChI=1S/C14H19O8SSe/c1-6(15)19-5-10-11(20-7(2)16)12(21-8(3)17)13(14(24)23-10)22-9(4)18/h10-14H,5H2,1-4H3. The average Bonchev–Trinajstić information content (AvgIpc) is 2.42. The third-order valence-corrected chi connectivity index (χ3v) is 5.50. The second-order valence-electron chi connectivity index (χ2n) is 5.07. The Morgan fingerprint density at radius 3 is 1.71 bits per heavy atom. The summed E-state index contributed by atoms with van der Waals surface area (Å²) in [5.41, 5.74) is 0. The number of ether oxygens (including phenoxy) is 4. The third-order valence-electron chi connectivity index (χ3n) is 2.95. The van der Waals surface area contributed by atoms with Crippen LogP contribution >= 0.6 is 11.8 Å². The van der Waals surface area contributed by atoms with Crippen molar-refractivity contribution in [3.63, 3.8) is 0 Å². The first kappa shape index (κ1) is 20.8. The van der Waals surface area contributed by atoms with E-state index in [9.17, 15) is 19.2 Å². The molecule has 10 heteroatoms. The molecule has 1 heterocycles. The summed E-state index contributed by atoms with van der Waals surface area (Å²) in [6.07, 6.45) is -2.78. The van der Waals surface area contributed by atoms with E-state index in [1.165, 1.54) is 39.5 Å². The van der Waals surface area contributed by atoms with Crippen LogP contribution < -0.4 is 0 Å². The second-order valence-corrected chi connectivity index (χ2v) is 8.19. The van der Waals surface area contributed by atoms with Crippen molar-refractivity contribution >= 4 is 51.7 Å². The molecular formula is C14H19O8SSe. The molecule has 1 rings (SSSR count). The molecule has 0 saturated carbocycles. The zero-order valence-corrected chi connectivity index (χ0v) is 16.2. The van der Waals surface area contributed by atoms with Crippen molar-refractivity contribution in [2.45, 2.75) is 55.4 Å². The Morgan fingerprint density at radius 1 is 0.792 bits per heavy atom. The molecule has 135 valence electrons. The van der Waals surface area contributed by atoms with Crippen LogP contribution in [0.25, 0.3) is 0 Å². The first-order valence-electron chi connectivity index (χ1n) is 7.08. The zero-order valence-electron chi connectivity index (χ0n) is 13.7. The Balaban J connectivity index is 3.11. The van der Waals surface area contributed by atoms with Gasteiger partial charge in [0.25, 0.3) is 0 Å². The molecule has 0 spiro atoms. The number of carbonyl (C=O) groups excluding carboxylic acids is 4. The summed E-state index contributed by atoms with van der Waals surface area (Å²) < 4.78 is 20.4. The van der Waals surface area contributed by atoms with Crippen molar-refractivity contribution < 1.29 is 38.1 Å². The Hall–Kier alpha value is -1.25. The Morgan fingerprint density at radius 2 is 1.25 bits per heavy atom. The summed E-state index contributed by atoms with van der Waals surface area (Å²) >= 11 is 4.12. The van der Waals surface area contributed by atoms with Crippen molar-refractivity contribution in [2.24, 2.45) is 0 Å². The monoisotopic (exact) mass is 427 g/mol. The topological polar surface area (TPSA) is 105 Å². The summed E-state index contributed by atoms with van der Waals surface area (Å²) in [4.78, 5) is 45.3. The molecule has 0 bridgehead atoms. The van der Waals surface area contributed by atoms with Crippen molar-refractivity contribution in [3.8, 4) is 0 Å². The van der Waals surface area contributed by atoms with Crippen LogP contribution in [0.2, 0.25) is 0 Å². The van der Waals surface area contributed by atoms with Gasteiger partial charge in [-0.25, -0.2) is 0 Å².